The number of halogens is 3. The minimum absolute atomic E-state index is 0.0149. The highest BCUT2D eigenvalue weighted by atomic mass is 19.4. The summed E-state index contributed by atoms with van der Waals surface area (Å²) >= 11 is 0. The number of hydrogen-bond donors (Lipinski definition) is 2. The molecule has 19 heavy (non-hydrogen) atoms. The molecule has 0 aromatic carbocycles. The molecule has 1 aromatic rings. The van der Waals surface area contributed by atoms with Gasteiger partial charge < -0.3 is 11.1 Å². The monoisotopic (exact) mass is 278 g/mol. The molecule has 1 fully saturated rings. The van der Waals surface area contributed by atoms with Crippen LogP contribution in [0.2, 0.25) is 0 Å². The molecule has 3 N–H and O–H groups in total. The normalized spacial score (nSPS) is 24.2. The van der Waals surface area contributed by atoms with Crippen LogP contribution in [0.25, 0.3) is 0 Å². The quantitative estimate of drug-likeness (QED) is 0.855. The highest BCUT2D eigenvalue weighted by molar-refractivity contribution is 5.96. The third-order valence-corrected chi connectivity index (χ3v) is 3.23. The van der Waals surface area contributed by atoms with Gasteiger partial charge in [-0.2, -0.15) is 13.2 Å². The first-order chi connectivity index (χ1) is 8.89. The number of nitrogens with one attached hydrogen (secondary N) is 1. The van der Waals surface area contributed by atoms with Gasteiger partial charge in [-0.15, -0.1) is 0 Å². The van der Waals surface area contributed by atoms with Crippen molar-refractivity contribution in [2.75, 3.05) is 5.73 Å². The summed E-state index contributed by atoms with van der Waals surface area (Å²) in [4.78, 5) is 11.7. The summed E-state index contributed by atoms with van der Waals surface area (Å²) < 4.78 is 42.8. The maximum Gasteiger partial charge on any atom is 0.393 e. The molecule has 2 atom stereocenters. The number of rotatable bonds is 2. The molecule has 6 nitrogen and oxygen atoms in total. The average molecular weight is 278 g/mol. The lowest BCUT2D eigenvalue weighted by Gasteiger charge is -2.33. The third kappa shape index (κ3) is 2.96. The highest BCUT2D eigenvalue weighted by Gasteiger charge is 2.46. The maximum atomic E-state index is 12.8. The van der Waals surface area contributed by atoms with E-state index in [-0.39, 0.29) is 24.4 Å². The van der Waals surface area contributed by atoms with E-state index in [0.29, 0.717) is 12.8 Å². The van der Waals surface area contributed by atoms with Crippen molar-refractivity contribution < 1.29 is 22.6 Å². The SMILES string of the molecule is Nc1nonc1C(=O)NC1CCCCC1C(F)(F)F. The molecule has 1 aliphatic rings. The van der Waals surface area contributed by atoms with Gasteiger partial charge in [0.1, 0.15) is 0 Å². The third-order valence-electron chi connectivity index (χ3n) is 3.23. The molecule has 1 aliphatic carbocycles. The van der Waals surface area contributed by atoms with Gasteiger partial charge in [0.25, 0.3) is 5.91 Å². The number of amides is 1. The summed E-state index contributed by atoms with van der Waals surface area (Å²) in [6.45, 7) is 0. The Morgan fingerprint density at radius 2 is 2.00 bits per heavy atom. The lowest BCUT2D eigenvalue weighted by molar-refractivity contribution is -0.187. The first kappa shape index (κ1) is 13.6. The molecule has 9 heteroatoms. The van der Waals surface area contributed by atoms with Crippen molar-refractivity contribution in [3.63, 3.8) is 0 Å². The van der Waals surface area contributed by atoms with E-state index in [9.17, 15) is 18.0 Å². The van der Waals surface area contributed by atoms with Crippen molar-refractivity contribution in [3.05, 3.63) is 5.69 Å². The van der Waals surface area contributed by atoms with Gasteiger partial charge in [0.15, 0.2) is 0 Å². The Labute approximate surface area is 106 Å². The zero-order valence-electron chi connectivity index (χ0n) is 9.91. The van der Waals surface area contributed by atoms with Gasteiger partial charge in [-0.3, -0.25) is 4.79 Å². The zero-order valence-corrected chi connectivity index (χ0v) is 9.91. The summed E-state index contributed by atoms with van der Waals surface area (Å²) in [5.41, 5.74) is 5.03. The standard InChI is InChI=1S/C10H13F3N4O2/c11-10(12,13)5-3-1-2-4-6(5)15-9(18)7-8(14)17-19-16-7/h5-6H,1-4H2,(H2,14,17)(H,15,18). The number of nitrogen functional groups attached to an aromatic ring is 1. The lowest BCUT2D eigenvalue weighted by Crippen LogP contribution is -2.47. The second-order valence-corrected chi connectivity index (χ2v) is 4.51. The minimum atomic E-state index is -4.33. The molecule has 1 heterocycles. The van der Waals surface area contributed by atoms with Gasteiger partial charge in [0.2, 0.25) is 11.5 Å². The Hall–Kier alpha value is -1.80. The number of carbonyl (C=O) groups excluding carboxylic acids is 1. The number of carbonyl (C=O) groups is 1. The molecular weight excluding hydrogens is 265 g/mol. The molecule has 2 unspecified atom stereocenters. The van der Waals surface area contributed by atoms with Crippen molar-refractivity contribution >= 4 is 11.7 Å². The van der Waals surface area contributed by atoms with Crippen LogP contribution in [0.4, 0.5) is 19.0 Å². The van der Waals surface area contributed by atoms with E-state index in [1.54, 1.807) is 0 Å². The second kappa shape index (κ2) is 5.06. The number of anilines is 1. The number of hydrogen-bond acceptors (Lipinski definition) is 5. The van der Waals surface area contributed by atoms with Crippen molar-refractivity contribution in [2.45, 2.75) is 37.9 Å². The van der Waals surface area contributed by atoms with Crippen LogP contribution in [-0.4, -0.2) is 28.4 Å². The van der Waals surface area contributed by atoms with Gasteiger partial charge in [-0.1, -0.05) is 12.8 Å². The van der Waals surface area contributed by atoms with Gasteiger partial charge in [0.05, 0.1) is 5.92 Å². The summed E-state index contributed by atoms with van der Waals surface area (Å²) in [6.07, 6.45) is -2.89. The zero-order chi connectivity index (χ0) is 14.0. The van der Waals surface area contributed by atoms with Crippen LogP contribution < -0.4 is 11.1 Å². The first-order valence-corrected chi connectivity index (χ1v) is 5.85. The van der Waals surface area contributed by atoms with Crippen LogP contribution >= 0.6 is 0 Å². The van der Waals surface area contributed by atoms with E-state index in [2.05, 4.69) is 20.3 Å². The molecule has 0 radical (unpaired) electrons. The number of aromatic nitrogens is 2. The molecule has 0 saturated heterocycles. The Morgan fingerprint density at radius 1 is 1.32 bits per heavy atom. The van der Waals surface area contributed by atoms with Crippen LogP contribution in [0.15, 0.2) is 4.63 Å². The molecule has 0 aliphatic heterocycles. The molecule has 1 saturated carbocycles. The van der Waals surface area contributed by atoms with Crippen LogP contribution in [0.1, 0.15) is 36.2 Å². The van der Waals surface area contributed by atoms with E-state index in [4.69, 9.17) is 5.73 Å². The topological polar surface area (TPSA) is 94.0 Å². The molecule has 1 amide bonds. The van der Waals surface area contributed by atoms with E-state index in [1.165, 1.54) is 0 Å². The summed E-state index contributed by atoms with van der Waals surface area (Å²) in [6, 6.07) is -0.961. The number of nitrogens with two attached hydrogens (primary N) is 1. The largest absolute Gasteiger partial charge is 0.393 e. The molecule has 0 bridgehead atoms. The summed E-state index contributed by atoms with van der Waals surface area (Å²) in [5.74, 6) is -2.57. The summed E-state index contributed by atoms with van der Waals surface area (Å²) in [5, 5.41) is 8.79. The van der Waals surface area contributed by atoms with Crippen molar-refractivity contribution in [1.29, 1.82) is 0 Å². The molecule has 1 aromatic heterocycles. The summed E-state index contributed by atoms with van der Waals surface area (Å²) in [7, 11) is 0. The van der Waals surface area contributed by atoms with E-state index in [0.717, 1.165) is 0 Å². The predicted molar refractivity (Wildman–Crippen MR) is 58.0 cm³/mol. The van der Waals surface area contributed by atoms with Crippen LogP contribution in [0.3, 0.4) is 0 Å². The molecule has 2 rings (SSSR count). The lowest BCUT2D eigenvalue weighted by atomic mass is 9.84. The van der Waals surface area contributed by atoms with E-state index < -0.39 is 24.0 Å². The Morgan fingerprint density at radius 3 is 2.58 bits per heavy atom. The Bertz CT molecular complexity index is 460. The Balaban J connectivity index is 2.08. The number of alkyl halides is 3. The highest BCUT2D eigenvalue weighted by Crippen LogP contribution is 2.37. The van der Waals surface area contributed by atoms with Crippen LogP contribution in [0, 0.1) is 5.92 Å². The molecule has 0 spiro atoms. The van der Waals surface area contributed by atoms with Crippen molar-refractivity contribution in [2.24, 2.45) is 5.92 Å². The average Bonchev–Trinajstić information content (AvgIpc) is 2.75. The smallest absolute Gasteiger partial charge is 0.379 e. The van der Waals surface area contributed by atoms with E-state index in [1.807, 2.05) is 0 Å². The van der Waals surface area contributed by atoms with Crippen LogP contribution in [0.5, 0.6) is 0 Å². The fourth-order valence-electron chi connectivity index (χ4n) is 2.29. The fraction of sp³-hybridized carbons (Fsp3) is 0.700. The van der Waals surface area contributed by atoms with Crippen molar-refractivity contribution in [1.82, 2.24) is 15.6 Å². The second-order valence-electron chi connectivity index (χ2n) is 4.51. The van der Waals surface area contributed by atoms with Crippen molar-refractivity contribution in [3.8, 4) is 0 Å². The Kier molecular flexibility index (Phi) is 3.63. The van der Waals surface area contributed by atoms with Gasteiger partial charge in [0, 0.05) is 6.04 Å². The predicted octanol–water partition coefficient (Wildman–Crippen LogP) is 1.50. The van der Waals surface area contributed by atoms with Gasteiger partial charge in [-0.25, -0.2) is 4.63 Å². The number of nitrogens with zero attached hydrogens (tertiary/aromatic N) is 2. The van der Waals surface area contributed by atoms with Crippen LogP contribution in [-0.2, 0) is 0 Å². The van der Waals surface area contributed by atoms with Gasteiger partial charge >= 0.3 is 6.18 Å². The van der Waals surface area contributed by atoms with Gasteiger partial charge in [-0.05, 0) is 23.2 Å². The van der Waals surface area contributed by atoms with E-state index >= 15 is 0 Å². The first-order valence-electron chi connectivity index (χ1n) is 5.85. The molecular formula is C10H13F3N4O2. The molecule has 106 valence electrons. The fourth-order valence-corrected chi connectivity index (χ4v) is 2.29. The maximum absolute atomic E-state index is 12.8. The minimum Gasteiger partial charge on any atom is -0.379 e.